The van der Waals surface area contributed by atoms with E-state index < -0.39 is 22.7 Å². The molecule has 0 aliphatic heterocycles. The van der Waals surface area contributed by atoms with E-state index in [1.807, 2.05) is 0 Å². The van der Waals surface area contributed by atoms with Crippen molar-refractivity contribution in [2.75, 3.05) is 12.4 Å². The smallest absolute Gasteiger partial charge is 0.226 e. The normalized spacial score (nSPS) is 13.5. The Hall–Kier alpha value is -2.58. The molecule has 1 atom stereocenters. The lowest BCUT2D eigenvalue weighted by Crippen LogP contribution is -2.09. The molecule has 0 saturated carbocycles. The maximum Gasteiger partial charge on any atom is 0.226 e. The average molecular weight is 366 g/mol. The highest BCUT2D eigenvalue weighted by Gasteiger charge is 2.15. The van der Waals surface area contributed by atoms with Crippen molar-refractivity contribution in [3.8, 4) is 0 Å². The van der Waals surface area contributed by atoms with Gasteiger partial charge in [0, 0.05) is 11.9 Å². The van der Waals surface area contributed by atoms with Crippen LogP contribution in [0.2, 0.25) is 0 Å². The summed E-state index contributed by atoms with van der Waals surface area (Å²) >= 11 is -2.04. The number of halogens is 2. The molecule has 0 aliphatic carbocycles. The Morgan fingerprint density at radius 2 is 1.80 bits per heavy atom. The molecule has 0 radical (unpaired) electrons. The van der Waals surface area contributed by atoms with E-state index in [0.29, 0.717) is 11.4 Å². The van der Waals surface area contributed by atoms with Crippen LogP contribution in [0.15, 0.2) is 64.2 Å². The van der Waals surface area contributed by atoms with Gasteiger partial charge < -0.3 is 14.6 Å². The fraction of sp³-hybridized carbons (Fsp3) is 0.118. The Morgan fingerprint density at radius 3 is 2.32 bits per heavy atom. The zero-order chi connectivity index (χ0) is 18.4. The summed E-state index contributed by atoms with van der Waals surface area (Å²) in [5.41, 5.74) is 0.724. The first-order valence-electron chi connectivity index (χ1n) is 7.13. The van der Waals surface area contributed by atoms with Gasteiger partial charge in [-0.15, -0.1) is 0 Å². The van der Waals surface area contributed by atoms with Crippen molar-refractivity contribution in [2.24, 2.45) is 4.99 Å². The van der Waals surface area contributed by atoms with E-state index >= 15 is 0 Å². The Balaban J connectivity index is 2.20. The highest BCUT2D eigenvalue weighted by atomic mass is 32.2. The van der Waals surface area contributed by atoms with Crippen molar-refractivity contribution in [2.45, 2.75) is 11.8 Å². The van der Waals surface area contributed by atoms with E-state index in [4.69, 9.17) is 9.29 Å². The van der Waals surface area contributed by atoms with Gasteiger partial charge >= 0.3 is 0 Å². The summed E-state index contributed by atoms with van der Waals surface area (Å²) in [5, 5.41) is 2.93. The first kappa shape index (κ1) is 18.8. The number of anilines is 1. The topological polar surface area (TPSA) is 70.9 Å². The van der Waals surface area contributed by atoms with Gasteiger partial charge in [0.1, 0.15) is 17.2 Å². The summed E-state index contributed by atoms with van der Waals surface area (Å²) in [6.45, 7) is 1.63. The quantitative estimate of drug-likeness (QED) is 0.478. The lowest BCUT2D eigenvalue weighted by molar-refractivity contribution is 0.398. The number of allylic oxidation sites excluding steroid dienone is 1. The first-order valence-corrected chi connectivity index (χ1v) is 8.24. The number of hydrogen-bond acceptors (Lipinski definition) is 4. The minimum Gasteiger partial charge on any atom is -0.480 e. The van der Waals surface area contributed by atoms with Gasteiger partial charge in [-0.3, -0.25) is 0 Å². The zero-order valence-corrected chi connectivity index (χ0v) is 14.3. The van der Waals surface area contributed by atoms with E-state index in [0.717, 1.165) is 12.1 Å². The number of aliphatic imine (C=N–C) groups is 1. The summed E-state index contributed by atoms with van der Waals surface area (Å²) in [4.78, 5) is 4.35. The number of methoxy groups -OCH3 is 1. The van der Waals surface area contributed by atoms with Crippen LogP contribution in [0.4, 0.5) is 14.5 Å². The summed E-state index contributed by atoms with van der Waals surface area (Å²) in [5.74, 6) is -1.72. The molecule has 0 spiro atoms. The Labute approximate surface area is 146 Å². The number of ether oxygens (including phenoxy) is 1. The molecule has 132 valence electrons. The SMILES string of the molecule is COC(=N/C(C)=C/Nc1ccc(S(=O)O)cc1)c1c(F)cccc1F. The molecule has 8 heteroatoms. The maximum absolute atomic E-state index is 13.8. The van der Waals surface area contributed by atoms with Crippen molar-refractivity contribution in [1.29, 1.82) is 0 Å². The summed E-state index contributed by atoms with van der Waals surface area (Å²) in [6.07, 6.45) is 1.52. The molecule has 0 heterocycles. The second-order valence-corrected chi connectivity index (χ2v) is 5.89. The predicted molar refractivity (Wildman–Crippen MR) is 92.8 cm³/mol. The zero-order valence-electron chi connectivity index (χ0n) is 13.5. The van der Waals surface area contributed by atoms with Gasteiger partial charge in [0.2, 0.25) is 5.90 Å². The molecular weight excluding hydrogens is 350 g/mol. The Kier molecular flexibility index (Phi) is 6.37. The Morgan fingerprint density at radius 1 is 1.20 bits per heavy atom. The molecule has 0 aromatic heterocycles. The standard InChI is InChI=1S/C17H16F2N2O3S/c1-11(10-20-12-6-8-13(9-7-12)25(22)23)21-17(24-2)16-14(18)4-3-5-15(16)19/h3-10,20H,1-2H3,(H,22,23)/b11-10+,21-17?. The van der Waals surface area contributed by atoms with Crippen LogP contribution in [0.5, 0.6) is 0 Å². The molecule has 5 nitrogen and oxygen atoms in total. The summed E-state index contributed by atoms with van der Waals surface area (Å²) in [7, 11) is 1.28. The largest absolute Gasteiger partial charge is 0.480 e. The molecular formula is C17H16F2N2O3S. The molecule has 0 amide bonds. The first-order chi connectivity index (χ1) is 11.9. The molecule has 2 aromatic rings. The summed E-state index contributed by atoms with van der Waals surface area (Å²) < 4.78 is 52.5. The third-order valence-corrected chi connectivity index (χ3v) is 3.83. The number of benzene rings is 2. The van der Waals surface area contributed by atoms with Gasteiger partial charge in [0.05, 0.1) is 17.7 Å². The minimum absolute atomic E-state index is 0.183. The van der Waals surface area contributed by atoms with E-state index in [9.17, 15) is 13.0 Å². The van der Waals surface area contributed by atoms with Crippen LogP contribution in [-0.4, -0.2) is 21.8 Å². The summed E-state index contributed by atoms with van der Waals surface area (Å²) in [6, 6.07) is 9.73. The number of rotatable bonds is 5. The second-order valence-electron chi connectivity index (χ2n) is 4.92. The van der Waals surface area contributed by atoms with Gasteiger partial charge in [-0.2, -0.15) is 0 Å². The molecule has 0 fully saturated rings. The lowest BCUT2D eigenvalue weighted by atomic mass is 10.2. The molecule has 2 rings (SSSR count). The maximum atomic E-state index is 13.8. The van der Waals surface area contributed by atoms with E-state index in [1.165, 1.54) is 31.5 Å². The van der Waals surface area contributed by atoms with E-state index in [-0.39, 0.29) is 16.4 Å². The van der Waals surface area contributed by atoms with E-state index in [1.54, 1.807) is 19.1 Å². The number of nitrogens with zero attached hydrogens (tertiary/aromatic N) is 1. The van der Waals surface area contributed by atoms with Crippen molar-refractivity contribution in [3.05, 3.63) is 71.6 Å². The monoisotopic (exact) mass is 366 g/mol. The number of hydrogen-bond donors (Lipinski definition) is 2. The minimum atomic E-state index is -2.04. The van der Waals surface area contributed by atoms with Gasteiger partial charge in [0.15, 0.2) is 11.1 Å². The predicted octanol–water partition coefficient (Wildman–Crippen LogP) is 3.91. The van der Waals surface area contributed by atoms with Crippen molar-refractivity contribution < 1.29 is 22.3 Å². The van der Waals surface area contributed by atoms with Crippen LogP contribution in [-0.2, 0) is 15.8 Å². The lowest BCUT2D eigenvalue weighted by Gasteiger charge is -2.08. The highest BCUT2D eigenvalue weighted by Crippen LogP contribution is 2.16. The van der Waals surface area contributed by atoms with Gasteiger partial charge in [-0.25, -0.2) is 18.0 Å². The molecule has 1 unspecified atom stereocenters. The fourth-order valence-electron chi connectivity index (χ4n) is 1.95. The molecule has 0 saturated heterocycles. The van der Waals surface area contributed by atoms with E-state index in [2.05, 4.69) is 10.3 Å². The molecule has 25 heavy (non-hydrogen) atoms. The number of nitrogens with one attached hydrogen (secondary N) is 1. The Bertz CT molecular complexity index is 816. The average Bonchev–Trinajstić information content (AvgIpc) is 2.59. The van der Waals surface area contributed by atoms with Crippen LogP contribution >= 0.6 is 0 Å². The van der Waals surface area contributed by atoms with Gasteiger partial charge in [0.25, 0.3) is 0 Å². The van der Waals surface area contributed by atoms with Crippen LogP contribution < -0.4 is 5.32 Å². The third-order valence-electron chi connectivity index (χ3n) is 3.15. The van der Waals surface area contributed by atoms with Crippen LogP contribution in [0.25, 0.3) is 0 Å². The van der Waals surface area contributed by atoms with Crippen LogP contribution in [0, 0.1) is 11.6 Å². The highest BCUT2D eigenvalue weighted by molar-refractivity contribution is 7.79. The fourth-order valence-corrected chi connectivity index (χ4v) is 2.32. The molecule has 2 aromatic carbocycles. The third kappa shape index (κ3) is 4.94. The van der Waals surface area contributed by atoms with Crippen molar-refractivity contribution >= 4 is 22.7 Å². The van der Waals surface area contributed by atoms with Crippen molar-refractivity contribution in [3.63, 3.8) is 0 Å². The van der Waals surface area contributed by atoms with Crippen molar-refractivity contribution in [1.82, 2.24) is 0 Å². The molecule has 0 aliphatic rings. The molecule has 0 bridgehead atoms. The molecule has 2 N–H and O–H groups in total. The van der Waals surface area contributed by atoms with Crippen LogP contribution in [0.1, 0.15) is 12.5 Å². The van der Waals surface area contributed by atoms with Gasteiger partial charge in [-0.05, 0) is 43.3 Å². The van der Waals surface area contributed by atoms with Crippen LogP contribution in [0.3, 0.4) is 0 Å². The second kappa shape index (κ2) is 8.50. The van der Waals surface area contributed by atoms with Gasteiger partial charge in [-0.1, -0.05) is 6.07 Å².